The van der Waals surface area contributed by atoms with E-state index < -0.39 is 23.7 Å². The van der Waals surface area contributed by atoms with Gasteiger partial charge in [-0.05, 0) is 13.8 Å². The second kappa shape index (κ2) is 8.71. The largest absolute Gasteiger partial charge is 2.00 e. The zero-order valence-corrected chi connectivity index (χ0v) is 10.4. The molecular formula is C6H7Cl2F3O2Ti. The fourth-order valence-corrected chi connectivity index (χ4v) is 0.430. The third-order valence-electron chi connectivity index (χ3n) is 1.28. The predicted octanol–water partition coefficient (Wildman–Crippen LogP) is -4.65. The Hall–Kier alpha value is 0.424. The Morgan fingerprint density at radius 2 is 1.43 bits per heavy atom. The van der Waals surface area contributed by atoms with E-state index in [4.69, 9.17) is 0 Å². The molecule has 0 saturated carbocycles. The molecule has 0 heterocycles. The molecule has 82 valence electrons. The summed E-state index contributed by atoms with van der Waals surface area (Å²) >= 11 is 0. The molecule has 14 heavy (non-hydrogen) atoms. The van der Waals surface area contributed by atoms with Crippen molar-refractivity contribution >= 4 is 11.6 Å². The molecule has 0 N–H and O–H groups in total. The quantitative estimate of drug-likeness (QED) is 0.378. The number of hydrogen-bond acceptors (Lipinski definition) is 2. The Balaban J connectivity index is -0.000000167. The first-order chi connectivity index (χ1) is 4.76. The van der Waals surface area contributed by atoms with Gasteiger partial charge in [0.2, 0.25) is 5.78 Å². The number of ketones is 2. The summed E-state index contributed by atoms with van der Waals surface area (Å²) in [5, 5.41) is 0. The molecule has 0 aliphatic carbocycles. The molecule has 0 amide bonds. The monoisotopic (exact) mass is 286 g/mol. The molecule has 0 aliphatic rings. The van der Waals surface area contributed by atoms with Crippen LogP contribution in [0.25, 0.3) is 0 Å². The van der Waals surface area contributed by atoms with E-state index in [0.717, 1.165) is 13.8 Å². The van der Waals surface area contributed by atoms with Gasteiger partial charge in [-0.25, -0.2) is 0 Å². The zero-order valence-electron chi connectivity index (χ0n) is 7.28. The van der Waals surface area contributed by atoms with Gasteiger partial charge in [0.15, 0.2) is 0 Å². The SMILES string of the molecule is CC(=O)C(C)C(=O)C(F)(F)F.[Cl-].[Cl-].[Ti+2]. The molecule has 0 aromatic rings. The van der Waals surface area contributed by atoms with Crippen LogP contribution in [0.2, 0.25) is 0 Å². The van der Waals surface area contributed by atoms with Crippen LogP contribution in [0.1, 0.15) is 13.8 Å². The van der Waals surface area contributed by atoms with Crippen molar-refractivity contribution in [3.05, 3.63) is 0 Å². The number of alkyl halides is 3. The van der Waals surface area contributed by atoms with Crippen molar-refractivity contribution in [1.29, 1.82) is 0 Å². The van der Waals surface area contributed by atoms with Gasteiger partial charge in [-0.2, -0.15) is 13.2 Å². The van der Waals surface area contributed by atoms with Crippen molar-refractivity contribution in [1.82, 2.24) is 0 Å². The maximum atomic E-state index is 11.6. The summed E-state index contributed by atoms with van der Waals surface area (Å²) in [6.07, 6.45) is -4.90. The number of hydrogen-bond donors (Lipinski definition) is 0. The van der Waals surface area contributed by atoms with Crippen molar-refractivity contribution in [2.45, 2.75) is 20.0 Å². The standard InChI is InChI=1S/C6H7F3O2.2ClH.Ti/c1-3(4(2)10)5(11)6(7,8)9;;;/h3H,1-2H3;2*1H;/q;;;+2/p-2. The first-order valence-corrected chi connectivity index (χ1v) is 2.88. The van der Waals surface area contributed by atoms with Crippen LogP contribution >= 0.6 is 0 Å². The van der Waals surface area contributed by atoms with Crippen LogP contribution in [-0.4, -0.2) is 17.7 Å². The van der Waals surface area contributed by atoms with Crippen molar-refractivity contribution in [2.24, 2.45) is 5.92 Å². The van der Waals surface area contributed by atoms with Crippen molar-refractivity contribution < 1.29 is 69.3 Å². The van der Waals surface area contributed by atoms with Gasteiger partial charge in [0.1, 0.15) is 5.78 Å². The Bertz CT molecular complexity index is 196. The average Bonchev–Trinajstić information content (AvgIpc) is 1.82. The molecule has 0 aromatic heterocycles. The molecule has 1 unspecified atom stereocenters. The van der Waals surface area contributed by atoms with Crippen LogP contribution in [0.3, 0.4) is 0 Å². The van der Waals surface area contributed by atoms with Gasteiger partial charge >= 0.3 is 27.9 Å². The van der Waals surface area contributed by atoms with E-state index in [1.807, 2.05) is 0 Å². The van der Waals surface area contributed by atoms with Gasteiger partial charge in [-0.15, -0.1) is 0 Å². The van der Waals surface area contributed by atoms with E-state index in [1.54, 1.807) is 0 Å². The van der Waals surface area contributed by atoms with Gasteiger partial charge in [0.25, 0.3) is 0 Å². The predicted molar refractivity (Wildman–Crippen MR) is 30.9 cm³/mol. The van der Waals surface area contributed by atoms with Gasteiger partial charge in [0.05, 0.1) is 5.92 Å². The number of halogens is 5. The average molecular weight is 287 g/mol. The normalized spacial score (nSPS) is 11.2. The molecule has 0 aromatic carbocycles. The Morgan fingerprint density at radius 3 is 1.50 bits per heavy atom. The van der Waals surface area contributed by atoms with Gasteiger partial charge < -0.3 is 24.8 Å². The van der Waals surface area contributed by atoms with E-state index in [1.165, 1.54) is 0 Å². The van der Waals surface area contributed by atoms with E-state index >= 15 is 0 Å². The Kier molecular flexibility index (Phi) is 14.9. The summed E-state index contributed by atoms with van der Waals surface area (Å²) in [4.78, 5) is 20.6. The summed E-state index contributed by atoms with van der Waals surface area (Å²) in [5.41, 5.74) is 0. The van der Waals surface area contributed by atoms with E-state index in [-0.39, 0.29) is 46.5 Å². The molecule has 0 saturated heterocycles. The van der Waals surface area contributed by atoms with Gasteiger partial charge in [0, 0.05) is 0 Å². The third-order valence-corrected chi connectivity index (χ3v) is 1.28. The fourth-order valence-electron chi connectivity index (χ4n) is 0.430. The first kappa shape index (κ1) is 23.9. The smallest absolute Gasteiger partial charge is 1.00 e. The molecule has 1 atom stereocenters. The van der Waals surface area contributed by atoms with E-state index in [9.17, 15) is 22.8 Å². The third kappa shape index (κ3) is 7.79. The second-order valence-corrected chi connectivity index (χ2v) is 2.19. The molecule has 0 spiro atoms. The molecule has 0 radical (unpaired) electrons. The zero-order chi connectivity index (χ0) is 9.23. The molecular weight excluding hydrogens is 280 g/mol. The van der Waals surface area contributed by atoms with Crippen molar-refractivity contribution in [2.75, 3.05) is 0 Å². The second-order valence-electron chi connectivity index (χ2n) is 2.19. The summed E-state index contributed by atoms with van der Waals surface area (Å²) in [7, 11) is 0. The van der Waals surface area contributed by atoms with E-state index in [2.05, 4.69) is 0 Å². The molecule has 0 rings (SSSR count). The van der Waals surface area contributed by atoms with Crippen LogP contribution in [-0.2, 0) is 31.3 Å². The summed E-state index contributed by atoms with van der Waals surface area (Å²) in [6, 6.07) is 0. The van der Waals surface area contributed by atoms with Gasteiger partial charge in [-0.3, -0.25) is 9.59 Å². The molecule has 0 fully saturated rings. The minimum atomic E-state index is -4.90. The van der Waals surface area contributed by atoms with Crippen LogP contribution in [0, 0.1) is 5.92 Å². The maximum absolute atomic E-state index is 11.6. The Morgan fingerprint density at radius 1 is 1.14 bits per heavy atom. The maximum Gasteiger partial charge on any atom is 2.00 e. The minimum absolute atomic E-state index is 0. The van der Waals surface area contributed by atoms with Crippen LogP contribution in [0.15, 0.2) is 0 Å². The fraction of sp³-hybridized carbons (Fsp3) is 0.667. The molecule has 8 heteroatoms. The number of rotatable bonds is 2. The molecule has 0 bridgehead atoms. The number of Topliss-reactive ketones (excluding diaryl/α,β-unsaturated/α-hetero) is 2. The van der Waals surface area contributed by atoms with Crippen LogP contribution in [0.5, 0.6) is 0 Å². The minimum Gasteiger partial charge on any atom is -1.00 e. The van der Waals surface area contributed by atoms with Crippen LogP contribution < -0.4 is 24.8 Å². The van der Waals surface area contributed by atoms with Gasteiger partial charge in [-0.1, -0.05) is 0 Å². The summed E-state index contributed by atoms with van der Waals surface area (Å²) in [6.45, 7) is 1.90. The molecule has 0 aliphatic heterocycles. The summed E-state index contributed by atoms with van der Waals surface area (Å²) < 4.78 is 34.7. The number of carbonyl (C=O) groups excluding carboxylic acids is 2. The molecule has 2 nitrogen and oxygen atoms in total. The van der Waals surface area contributed by atoms with Crippen molar-refractivity contribution in [3.8, 4) is 0 Å². The topological polar surface area (TPSA) is 34.1 Å². The number of carbonyl (C=O) groups is 2. The van der Waals surface area contributed by atoms with E-state index in [0.29, 0.717) is 0 Å². The van der Waals surface area contributed by atoms with Crippen LogP contribution in [0.4, 0.5) is 13.2 Å². The van der Waals surface area contributed by atoms with Crippen molar-refractivity contribution in [3.63, 3.8) is 0 Å². The summed E-state index contributed by atoms with van der Waals surface area (Å²) in [5.74, 6) is -4.33. The Labute approximate surface area is 107 Å². The first-order valence-electron chi connectivity index (χ1n) is 2.88.